The molecule has 0 spiro atoms. The van der Waals surface area contributed by atoms with E-state index in [-0.39, 0.29) is 5.41 Å². The third-order valence-corrected chi connectivity index (χ3v) is 2.53. The van der Waals surface area contributed by atoms with Crippen molar-refractivity contribution in [3.8, 4) is 0 Å². The van der Waals surface area contributed by atoms with Gasteiger partial charge in [0.1, 0.15) is 11.0 Å². The van der Waals surface area contributed by atoms with Crippen LogP contribution in [0.5, 0.6) is 0 Å². The van der Waals surface area contributed by atoms with E-state index < -0.39 is 0 Å². The van der Waals surface area contributed by atoms with E-state index >= 15 is 0 Å². The second kappa shape index (κ2) is 3.85. The monoisotopic (exact) mass is 212 g/mol. The second-order valence-corrected chi connectivity index (χ2v) is 4.87. The van der Waals surface area contributed by atoms with E-state index in [9.17, 15) is 0 Å². The van der Waals surface area contributed by atoms with Crippen LogP contribution in [0, 0.1) is 6.92 Å². The molecule has 0 aromatic carbocycles. The summed E-state index contributed by atoms with van der Waals surface area (Å²) >= 11 is 6.05. The third kappa shape index (κ3) is 2.24. The van der Waals surface area contributed by atoms with Gasteiger partial charge in [-0.1, -0.05) is 39.3 Å². The zero-order valence-corrected chi connectivity index (χ0v) is 10.2. The Morgan fingerprint density at radius 2 is 1.79 bits per heavy atom. The van der Waals surface area contributed by atoms with Gasteiger partial charge in [0.15, 0.2) is 0 Å². The lowest BCUT2D eigenvalue weighted by Crippen LogP contribution is -2.17. The van der Waals surface area contributed by atoms with Gasteiger partial charge in [0.2, 0.25) is 0 Å². The van der Waals surface area contributed by atoms with Crippen molar-refractivity contribution in [3.05, 3.63) is 22.2 Å². The Morgan fingerprint density at radius 1 is 1.21 bits per heavy atom. The lowest BCUT2D eigenvalue weighted by Gasteiger charge is -2.21. The minimum absolute atomic E-state index is 0.0284. The maximum atomic E-state index is 6.05. The maximum absolute atomic E-state index is 6.05. The van der Waals surface area contributed by atoms with Gasteiger partial charge in [-0.15, -0.1) is 0 Å². The Morgan fingerprint density at radius 3 is 2.21 bits per heavy atom. The molecule has 1 heterocycles. The van der Waals surface area contributed by atoms with E-state index in [2.05, 4.69) is 30.7 Å². The summed E-state index contributed by atoms with van der Waals surface area (Å²) in [6.07, 6.45) is 0.822. The molecule has 78 valence electrons. The molecule has 0 aliphatic rings. The highest BCUT2D eigenvalue weighted by Crippen LogP contribution is 2.27. The van der Waals surface area contributed by atoms with Gasteiger partial charge in [-0.3, -0.25) is 0 Å². The van der Waals surface area contributed by atoms with E-state index in [1.54, 1.807) is 0 Å². The summed E-state index contributed by atoms with van der Waals surface area (Å²) in [4.78, 5) is 8.75. The van der Waals surface area contributed by atoms with E-state index in [4.69, 9.17) is 11.6 Å². The summed E-state index contributed by atoms with van der Waals surface area (Å²) < 4.78 is 0. The molecule has 0 atom stereocenters. The molecule has 0 amide bonds. The van der Waals surface area contributed by atoms with Gasteiger partial charge >= 0.3 is 0 Å². The lowest BCUT2D eigenvalue weighted by molar-refractivity contribution is 0.557. The fourth-order valence-electron chi connectivity index (χ4n) is 1.42. The van der Waals surface area contributed by atoms with Crippen LogP contribution in [0.1, 0.15) is 44.8 Å². The SMILES string of the molecule is CCc1nc(Cl)c(C)c(C(C)(C)C)n1. The van der Waals surface area contributed by atoms with Crippen LogP contribution in [0.4, 0.5) is 0 Å². The molecule has 0 aliphatic carbocycles. The van der Waals surface area contributed by atoms with Crippen LogP contribution >= 0.6 is 11.6 Å². The summed E-state index contributed by atoms with van der Waals surface area (Å²) in [5, 5.41) is 0.585. The standard InChI is InChI=1S/C11H17ClN2/c1-6-8-13-9(11(3,4)5)7(2)10(12)14-8/h6H2,1-5H3. The first-order chi connectivity index (χ1) is 6.36. The fraction of sp³-hybridized carbons (Fsp3) is 0.636. The van der Waals surface area contributed by atoms with Crippen LogP contribution < -0.4 is 0 Å². The number of rotatable bonds is 1. The normalized spacial score (nSPS) is 11.9. The van der Waals surface area contributed by atoms with Crippen LogP contribution in [0.25, 0.3) is 0 Å². The molecule has 1 rings (SSSR count). The molecule has 0 N–H and O–H groups in total. The first-order valence-electron chi connectivity index (χ1n) is 4.89. The van der Waals surface area contributed by atoms with Crippen molar-refractivity contribution < 1.29 is 0 Å². The number of aromatic nitrogens is 2. The quantitative estimate of drug-likeness (QED) is 0.668. The third-order valence-electron chi connectivity index (χ3n) is 2.16. The van der Waals surface area contributed by atoms with Crippen molar-refractivity contribution in [2.24, 2.45) is 0 Å². The van der Waals surface area contributed by atoms with Crippen molar-refractivity contribution >= 4 is 11.6 Å². The summed E-state index contributed by atoms with van der Waals surface area (Å²) in [5.74, 6) is 0.825. The molecule has 0 unspecified atom stereocenters. The van der Waals surface area contributed by atoms with Crippen molar-refractivity contribution in [2.75, 3.05) is 0 Å². The Labute approximate surface area is 90.7 Å². The van der Waals surface area contributed by atoms with Crippen LogP contribution in [-0.2, 0) is 11.8 Å². The minimum Gasteiger partial charge on any atom is -0.237 e. The number of aryl methyl sites for hydroxylation is 1. The first kappa shape index (κ1) is 11.4. The van der Waals surface area contributed by atoms with Crippen molar-refractivity contribution in [2.45, 2.75) is 46.5 Å². The van der Waals surface area contributed by atoms with Crippen LogP contribution in [0.3, 0.4) is 0 Å². The van der Waals surface area contributed by atoms with Gasteiger partial charge in [-0.25, -0.2) is 9.97 Å². The smallest absolute Gasteiger partial charge is 0.135 e. The van der Waals surface area contributed by atoms with Gasteiger partial charge < -0.3 is 0 Å². The molecule has 1 aromatic rings. The van der Waals surface area contributed by atoms with Gasteiger partial charge in [0, 0.05) is 17.4 Å². The van der Waals surface area contributed by atoms with Gasteiger partial charge in [-0.05, 0) is 6.92 Å². The summed E-state index contributed by atoms with van der Waals surface area (Å²) in [6.45, 7) is 10.4. The maximum Gasteiger partial charge on any atom is 0.135 e. The highest BCUT2D eigenvalue weighted by Gasteiger charge is 2.20. The number of nitrogens with zero attached hydrogens (tertiary/aromatic N) is 2. The zero-order chi connectivity index (χ0) is 10.9. The van der Waals surface area contributed by atoms with Crippen LogP contribution in [0.2, 0.25) is 5.15 Å². The van der Waals surface area contributed by atoms with E-state index in [0.717, 1.165) is 23.5 Å². The predicted octanol–water partition coefficient (Wildman–Crippen LogP) is 3.30. The number of hydrogen-bond donors (Lipinski definition) is 0. The molecule has 14 heavy (non-hydrogen) atoms. The van der Waals surface area contributed by atoms with Gasteiger partial charge in [-0.2, -0.15) is 0 Å². The molecule has 0 saturated carbocycles. The van der Waals surface area contributed by atoms with E-state index in [1.165, 1.54) is 0 Å². The molecular weight excluding hydrogens is 196 g/mol. The number of hydrogen-bond acceptors (Lipinski definition) is 2. The van der Waals surface area contributed by atoms with Crippen molar-refractivity contribution in [1.29, 1.82) is 0 Å². The first-order valence-corrected chi connectivity index (χ1v) is 5.27. The Bertz CT molecular complexity index is 340. The Kier molecular flexibility index (Phi) is 3.15. The molecule has 2 nitrogen and oxygen atoms in total. The molecule has 0 fully saturated rings. The highest BCUT2D eigenvalue weighted by atomic mass is 35.5. The summed E-state index contributed by atoms with van der Waals surface area (Å²) in [5.41, 5.74) is 2.08. The second-order valence-electron chi connectivity index (χ2n) is 4.51. The van der Waals surface area contributed by atoms with Crippen molar-refractivity contribution in [3.63, 3.8) is 0 Å². The van der Waals surface area contributed by atoms with E-state index in [1.807, 2.05) is 13.8 Å². The van der Waals surface area contributed by atoms with Crippen LogP contribution in [0.15, 0.2) is 0 Å². The van der Waals surface area contributed by atoms with E-state index in [0.29, 0.717) is 5.15 Å². The average Bonchev–Trinajstić information content (AvgIpc) is 2.07. The Hall–Kier alpha value is -0.630. The topological polar surface area (TPSA) is 25.8 Å². The molecule has 0 radical (unpaired) electrons. The predicted molar refractivity (Wildman–Crippen MR) is 59.9 cm³/mol. The lowest BCUT2D eigenvalue weighted by atomic mass is 9.89. The molecule has 0 bridgehead atoms. The number of halogens is 1. The Balaban J connectivity index is 3.35. The highest BCUT2D eigenvalue weighted by molar-refractivity contribution is 6.30. The fourth-order valence-corrected chi connectivity index (χ4v) is 1.61. The summed E-state index contributed by atoms with van der Waals surface area (Å²) in [6, 6.07) is 0. The van der Waals surface area contributed by atoms with Crippen LogP contribution in [-0.4, -0.2) is 9.97 Å². The summed E-state index contributed by atoms with van der Waals surface area (Å²) in [7, 11) is 0. The zero-order valence-electron chi connectivity index (χ0n) is 9.48. The minimum atomic E-state index is 0.0284. The molecular formula is C11H17ClN2. The average molecular weight is 213 g/mol. The largest absolute Gasteiger partial charge is 0.237 e. The van der Waals surface area contributed by atoms with Gasteiger partial charge in [0.05, 0.1) is 5.69 Å². The molecule has 1 aromatic heterocycles. The van der Waals surface area contributed by atoms with Gasteiger partial charge in [0.25, 0.3) is 0 Å². The molecule has 3 heteroatoms. The molecule has 0 saturated heterocycles. The molecule has 0 aliphatic heterocycles. The van der Waals surface area contributed by atoms with Crippen molar-refractivity contribution in [1.82, 2.24) is 9.97 Å².